The van der Waals surface area contributed by atoms with Gasteiger partial charge in [-0.05, 0) is 106 Å². The molecule has 3 N–H and O–H groups in total. The van der Waals surface area contributed by atoms with Gasteiger partial charge in [0.1, 0.15) is 19.0 Å². The molecular weight excluding hydrogens is 510 g/mol. The van der Waals surface area contributed by atoms with Crippen LogP contribution in [0.25, 0.3) is 0 Å². The SMILES string of the molecule is CC(=O)CCCCCNC(=O)CO[C@H]1CC[C@@]2(C)[C@H](CC[C@@H]3[C@@H]2C[C@@H](O)[C@]2(C)[C@@H](C4=CC(=O)OC4)CC[C@]32O)C1. The third kappa shape index (κ3) is 5.17. The molecule has 0 saturated heterocycles. The average molecular weight is 560 g/mol. The molecule has 1 aliphatic heterocycles. The average Bonchev–Trinajstić information content (AvgIpc) is 3.46. The van der Waals surface area contributed by atoms with Crippen LogP contribution in [0.3, 0.4) is 0 Å². The third-order valence-electron chi connectivity index (χ3n) is 12.0. The van der Waals surface area contributed by atoms with Gasteiger partial charge in [0.2, 0.25) is 5.91 Å². The van der Waals surface area contributed by atoms with Crippen LogP contribution in [0, 0.1) is 34.5 Å². The molecule has 1 amide bonds. The van der Waals surface area contributed by atoms with E-state index in [2.05, 4.69) is 12.2 Å². The number of esters is 1. The van der Waals surface area contributed by atoms with E-state index in [-0.39, 0.29) is 60.1 Å². The van der Waals surface area contributed by atoms with Crippen LogP contribution in [-0.4, -0.2) is 65.4 Å². The van der Waals surface area contributed by atoms with Gasteiger partial charge in [-0.2, -0.15) is 0 Å². The van der Waals surface area contributed by atoms with Crippen LogP contribution in [-0.2, 0) is 23.9 Å². The largest absolute Gasteiger partial charge is 0.458 e. The zero-order chi connectivity index (χ0) is 28.7. The Morgan fingerprint density at radius 1 is 1.07 bits per heavy atom. The number of unbranched alkanes of at least 4 members (excludes halogenated alkanes) is 2. The highest BCUT2D eigenvalue weighted by Gasteiger charge is 2.70. The maximum absolute atomic E-state index is 12.4. The summed E-state index contributed by atoms with van der Waals surface area (Å²) in [6.45, 7) is 6.98. The molecule has 8 heteroatoms. The first kappa shape index (κ1) is 29.7. The number of aliphatic hydroxyl groups excluding tert-OH is 1. The van der Waals surface area contributed by atoms with Gasteiger partial charge in [0.15, 0.2) is 0 Å². The van der Waals surface area contributed by atoms with Crippen LogP contribution in [0.1, 0.15) is 97.8 Å². The predicted molar refractivity (Wildman–Crippen MR) is 149 cm³/mol. The molecule has 0 unspecified atom stereocenters. The first-order valence-corrected chi connectivity index (χ1v) is 15.6. The Bertz CT molecular complexity index is 1030. The lowest BCUT2D eigenvalue weighted by molar-refractivity contribution is -0.245. The van der Waals surface area contributed by atoms with Gasteiger partial charge in [-0.25, -0.2) is 4.79 Å². The van der Waals surface area contributed by atoms with E-state index in [0.29, 0.717) is 31.7 Å². The number of carbonyl (C=O) groups is 3. The lowest BCUT2D eigenvalue weighted by atomic mass is 9.42. The van der Waals surface area contributed by atoms with Gasteiger partial charge in [0.25, 0.3) is 0 Å². The molecule has 4 saturated carbocycles. The summed E-state index contributed by atoms with van der Waals surface area (Å²) in [4.78, 5) is 35.2. The molecule has 5 aliphatic rings. The van der Waals surface area contributed by atoms with Crippen molar-refractivity contribution < 1.29 is 34.1 Å². The van der Waals surface area contributed by atoms with E-state index in [4.69, 9.17) is 9.47 Å². The van der Waals surface area contributed by atoms with Crippen LogP contribution in [0.2, 0.25) is 0 Å². The van der Waals surface area contributed by atoms with Crippen molar-refractivity contribution in [1.29, 1.82) is 0 Å². The van der Waals surface area contributed by atoms with Crippen molar-refractivity contribution in [3.63, 3.8) is 0 Å². The highest BCUT2D eigenvalue weighted by Crippen LogP contribution is 2.70. The number of carbonyl (C=O) groups excluding carboxylic acids is 3. The molecule has 4 aliphatic carbocycles. The van der Waals surface area contributed by atoms with E-state index >= 15 is 0 Å². The minimum absolute atomic E-state index is 0.0206. The van der Waals surface area contributed by atoms with Crippen molar-refractivity contribution in [3.05, 3.63) is 11.6 Å². The fourth-order valence-corrected chi connectivity index (χ4v) is 9.65. The number of nitrogens with one attached hydrogen (secondary N) is 1. The number of hydrogen-bond acceptors (Lipinski definition) is 7. The fourth-order valence-electron chi connectivity index (χ4n) is 9.65. The van der Waals surface area contributed by atoms with Crippen molar-refractivity contribution in [1.82, 2.24) is 5.32 Å². The molecule has 0 radical (unpaired) electrons. The number of ketones is 1. The van der Waals surface area contributed by atoms with Crippen molar-refractivity contribution in [2.75, 3.05) is 19.8 Å². The monoisotopic (exact) mass is 559 g/mol. The van der Waals surface area contributed by atoms with Crippen molar-refractivity contribution in [3.8, 4) is 0 Å². The molecule has 224 valence electrons. The quantitative estimate of drug-likeness (QED) is 0.274. The molecular formula is C32H49NO7. The van der Waals surface area contributed by atoms with Crippen molar-refractivity contribution >= 4 is 17.7 Å². The maximum atomic E-state index is 12.4. The van der Waals surface area contributed by atoms with E-state index in [1.54, 1.807) is 13.0 Å². The van der Waals surface area contributed by atoms with Gasteiger partial charge in [0.05, 0.1) is 17.8 Å². The molecule has 4 fully saturated rings. The van der Waals surface area contributed by atoms with Gasteiger partial charge >= 0.3 is 5.97 Å². The molecule has 8 nitrogen and oxygen atoms in total. The Morgan fingerprint density at radius 2 is 1.88 bits per heavy atom. The fraction of sp³-hybridized carbons (Fsp3) is 0.844. The van der Waals surface area contributed by atoms with E-state index in [0.717, 1.165) is 63.4 Å². The van der Waals surface area contributed by atoms with Crippen LogP contribution in [0.4, 0.5) is 0 Å². The summed E-state index contributed by atoms with van der Waals surface area (Å²) in [6.07, 6.45) is 11.1. The number of aliphatic hydroxyl groups is 2. The molecule has 5 rings (SSSR count). The van der Waals surface area contributed by atoms with E-state index < -0.39 is 17.1 Å². The Balaban J connectivity index is 1.16. The number of cyclic esters (lactones) is 1. The van der Waals surface area contributed by atoms with Crippen molar-refractivity contribution in [2.24, 2.45) is 34.5 Å². The molecule has 1 heterocycles. The summed E-state index contributed by atoms with van der Waals surface area (Å²) in [5, 5.41) is 27.0. The van der Waals surface area contributed by atoms with Crippen LogP contribution < -0.4 is 5.32 Å². The van der Waals surface area contributed by atoms with Crippen LogP contribution in [0.15, 0.2) is 11.6 Å². The summed E-state index contributed by atoms with van der Waals surface area (Å²) < 4.78 is 11.3. The minimum atomic E-state index is -0.960. The van der Waals surface area contributed by atoms with Crippen LogP contribution >= 0.6 is 0 Å². The predicted octanol–water partition coefficient (Wildman–Crippen LogP) is 3.87. The highest BCUT2D eigenvalue weighted by molar-refractivity contribution is 5.85. The number of amides is 1. The van der Waals surface area contributed by atoms with E-state index in [1.165, 1.54) is 0 Å². The normalized spacial score (nSPS) is 42.3. The Morgan fingerprint density at radius 3 is 2.60 bits per heavy atom. The summed E-state index contributed by atoms with van der Waals surface area (Å²) >= 11 is 0. The lowest BCUT2D eigenvalue weighted by Crippen LogP contribution is -2.67. The number of rotatable bonds is 10. The number of Topliss-reactive ketones (excluding diaryl/α,β-unsaturated/α-hetero) is 1. The zero-order valence-electron chi connectivity index (χ0n) is 24.6. The second kappa shape index (κ2) is 11.5. The van der Waals surface area contributed by atoms with Gasteiger partial charge in [0, 0.05) is 24.5 Å². The second-order valence-corrected chi connectivity index (χ2v) is 13.9. The second-order valence-electron chi connectivity index (χ2n) is 13.9. The van der Waals surface area contributed by atoms with Crippen LogP contribution in [0.5, 0.6) is 0 Å². The summed E-state index contributed by atoms with van der Waals surface area (Å²) in [5.41, 5.74) is -0.696. The summed E-state index contributed by atoms with van der Waals surface area (Å²) in [7, 11) is 0. The third-order valence-corrected chi connectivity index (χ3v) is 12.0. The smallest absolute Gasteiger partial charge is 0.331 e. The molecule has 0 bridgehead atoms. The molecule has 0 aromatic carbocycles. The van der Waals surface area contributed by atoms with E-state index in [1.807, 2.05) is 6.92 Å². The number of ether oxygens (including phenoxy) is 2. The standard InChI is InChI=1S/C32H49NO7/c1-20(34)7-5-4-6-14-33-28(36)19-39-23-10-12-30(2)22(16-23)8-9-25-26(30)17-27(35)31(3)24(11-13-32(25,31)38)21-15-29(37)40-18-21/h15,22-27,35,38H,4-14,16-19H2,1-3H3,(H,33,36)/t22-,23+,24-,25-,26+,27-,30+,31+,32+/m1/s1. The first-order valence-electron chi connectivity index (χ1n) is 15.6. The minimum Gasteiger partial charge on any atom is -0.458 e. The number of fused-ring (bicyclic) bond motifs is 5. The molecule has 40 heavy (non-hydrogen) atoms. The molecule has 0 aromatic rings. The highest BCUT2D eigenvalue weighted by atomic mass is 16.5. The Hall–Kier alpha value is -1.77. The Kier molecular flexibility index (Phi) is 8.53. The molecule has 0 aromatic heterocycles. The first-order chi connectivity index (χ1) is 19.0. The van der Waals surface area contributed by atoms with Crippen molar-refractivity contribution in [2.45, 2.75) is 116 Å². The maximum Gasteiger partial charge on any atom is 0.331 e. The van der Waals surface area contributed by atoms with Gasteiger partial charge in [-0.1, -0.05) is 20.3 Å². The topological polar surface area (TPSA) is 122 Å². The summed E-state index contributed by atoms with van der Waals surface area (Å²) in [6, 6.07) is 0. The Labute approximate surface area is 238 Å². The summed E-state index contributed by atoms with van der Waals surface area (Å²) in [5.74, 6) is 0.579. The lowest BCUT2D eigenvalue weighted by Gasteiger charge is -2.65. The van der Waals surface area contributed by atoms with Gasteiger partial charge < -0.3 is 29.8 Å². The van der Waals surface area contributed by atoms with E-state index in [9.17, 15) is 24.6 Å². The molecule has 9 atom stereocenters. The zero-order valence-corrected chi connectivity index (χ0v) is 24.6. The van der Waals surface area contributed by atoms with Gasteiger partial charge in [-0.15, -0.1) is 0 Å². The number of hydrogen-bond donors (Lipinski definition) is 3. The van der Waals surface area contributed by atoms with Gasteiger partial charge in [-0.3, -0.25) is 4.79 Å². The molecule has 0 spiro atoms.